The Hall–Kier alpha value is -2.11. The molecule has 6 heteroatoms. The van der Waals surface area contributed by atoms with Crippen LogP contribution in [0, 0.1) is 16.0 Å². The lowest BCUT2D eigenvalue weighted by Crippen LogP contribution is -2.14. The SMILES string of the molecule is O=C(O)c1ccc([N+](=O)[O-])cc1NCCC1CCCCC1. The van der Waals surface area contributed by atoms with Crippen LogP contribution in [0.15, 0.2) is 18.2 Å². The first-order valence-electron chi connectivity index (χ1n) is 7.33. The van der Waals surface area contributed by atoms with E-state index in [0.717, 1.165) is 6.42 Å². The Balaban J connectivity index is 2.00. The highest BCUT2D eigenvalue weighted by molar-refractivity contribution is 5.94. The Morgan fingerprint density at radius 1 is 1.33 bits per heavy atom. The quantitative estimate of drug-likeness (QED) is 0.616. The lowest BCUT2D eigenvalue weighted by atomic mass is 9.87. The average molecular weight is 292 g/mol. The van der Waals surface area contributed by atoms with Gasteiger partial charge in [0.1, 0.15) is 0 Å². The van der Waals surface area contributed by atoms with Crippen molar-refractivity contribution in [3.63, 3.8) is 0 Å². The minimum absolute atomic E-state index is 0.0734. The topological polar surface area (TPSA) is 92.5 Å². The van der Waals surface area contributed by atoms with Crippen LogP contribution in [0.3, 0.4) is 0 Å². The maximum atomic E-state index is 11.2. The van der Waals surface area contributed by atoms with Crippen LogP contribution in [0.25, 0.3) is 0 Å². The molecule has 2 rings (SSSR count). The summed E-state index contributed by atoms with van der Waals surface area (Å²) in [5.41, 5.74) is 0.303. The number of aromatic carboxylic acids is 1. The highest BCUT2D eigenvalue weighted by Gasteiger charge is 2.16. The summed E-state index contributed by atoms with van der Waals surface area (Å²) in [5.74, 6) is -0.400. The molecule has 0 bridgehead atoms. The number of carbonyl (C=O) groups is 1. The van der Waals surface area contributed by atoms with Gasteiger partial charge < -0.3 is 10.4 Å². The van der Waals surface area contributed by atoms with Crippen molar-refractivity contribution in [3.05, 3.63) is 33.9 Å². The van der Waals surface area contributed by atoms with Gasteiger partial charge in [0.05, 0.1) is 16.2 Å². The molecule has 6 nitrogen and oxygen atoms in total. The Kier molecular flexibility index (Phi) is 5.14. The first-order valence-corrected chi connectivity index (χ1v) is 7.33. The molecule has 0 heterocycles. The minimum Gasteiger partial charge on any atom is -0.478 e. The zero-order chi connectivity index (χ0) is 15.2. The number of nitrogens with one attached hydrogen (secondary N) is 1. The molecule has 114 valence electrons. The smallest absolute Gasteiger partial charge is 0.337 e. The standard InChI is InChI=1S/C15H20N2O4/c18-15(19)13-7-6-12(17(20)21)10-14(13)16-9-8-11-4-2-1-3-5-11/h6-7,10-11,16H,1-5,8-9H2,(H,18,19). The van der Waals surface area contributed by atoms with Crippen LogP contribution in [0.5, 0.6) is 0 Å². The number of nitro groups is 1. The Morgan fingerprint density at radius 2 is 2.05 bits per heavy atom. The van der Waals surface area contributed by atoms with E-state index in [4.69, 9.17) is 5.11 Å². The molecule has 1 aromatic rings. The van der Waals surface area contributed by atoms with Crippen molar-refractivity contribution in [2.75, 3.05) is 11.9 Å². The van der Waals surface area contributed by atoms with E-state index in [-0.39, 0.29) is 11.3 Å². The lowest BCUT2D eigenvalue weighted by molar-refractivity contribution is -0.384. The number of non-ortho nitro benzene ring substituents is 1. The van der Waals surface area contributed by atoms with Gasteiger partial charge in [-0.3, -0.25) is 10.1 Å². The van der Waals surface area contributed by atoms with Gasteiger partial charge in [-0.05, 0) is 18.4 Å². The summed E-state index contributed by atoms with van der Waals surface area (Å²) in [6, 6.07) is 3.80. The predicted molar refractivity (Wildman–Crippen MR) is 79.7 cm³/mol. The van der Waals surface area contributed by atoms with Gasteiger partial charge in [-0.2, -0.15) is 0 Å². The van der Waals surface area contributed by atoms with Crippen molar-refractivity contribution in [2.24, 2.45) is 5.92 Å². The largest absolute Gasteiger partial charge is 0.478 e. The fourth-order valence-electron chi connectivity index (χ4n) is 2.87. The molecule has 1 saturated carbocycles. The number of rotatable bonds is 6. The average Bonchev–Trinajstić information content (AvgIpc) is 2.48. The van der Waals surface area contributed by atoms with Gasteiger partial charge in [0.2, 0.25) is 0 Å². The van der Waals surface area contributed by atoms with E-state index in [1.807, 2.05) is 0 Å². The van der Waals surface area contributed by atoms with E-state index in [9.17, 15) is 14.9 Å². The molecule has 0 spiro atoms. The monoisotopic (exact) mass is 292 g/mol. The van der Waals surface area contributed by atoms with E-state index in [1.54, 1.807) is 0 Å². The molecule has 0 aliphatic heterocycles. The normalized spacial score (nSPS) is 15.6. The Bertz CT molecular complexity index is 524. The first-order chi connectivity index (χ1) is 10.1. The number of carboxylic acids is 1. The van der Waals surface area contributed by atoms with Crippen molar-refractivity contribution >= 4 is 17.3 Å². The second kappa shape index (κ2) is 7.06. The Morgan fingerprint density at radius 3 is 2.67 bits per heavy atom. The zero-order valence-electron chi connectivity index (χ0n) is 11.9. The number of nitrogens with zero attached hydrogens (tertiary/aromatic N) is 1. The van der Waals surface area contributed by atoms with Gasteiger partial charge in [-0.1, -0.05) is 32.1 Å². The van der Waals surface area contributed by atoms with Crippen molar-refractivity contribution in [1.29, 1.82) is 0 Å². The maximum Gasteiger partial charge on any atom is 0.337 e. The summed E-state index contributed by atoms with van der Waals surface area (Å²) in [6.45, 7) is 0.645. The Labute approximate surface area is 123 Å². The number of anilines is 1. The third-order valence-corrected chi connectivity index (χ3v) is 4.04. The van der Waals surface area contributed by atoms with Crippen molar-refractivity contribution in [1.82, 2.24) is 0 Å². The molecule has 0 amide bonds. The highest BCUT2D eigenvalue weighted by Crippen LogP contribution is 2.27. The molecule has 0 aromatic heterocycles. The summed E-state index contributed by atoms with van der Waals surface area (Å²) in [6.07, 6.45) is 7.26. The molecule has 0 radical (unpaired) electrons. The predicted octanol–water partition coefficient (Wildman–Crippen LogP) is 3.68. The van der Waals surface area contributed by atoms with Gasteiger partial charge in [-0.25, -0.2) is 4.79 Å². The zero-order valence-corrected chi connectivity index (χ0v) is 11.9. The van der Waals surface area contributed by atoms with Gasteiger partial charge in [0.15, 0.2) is 0 Å². The van der Waals surface area contributed by atoms with Gasteiger partial charge in [0.25, 0.3) is 5.69 Å². The van der Waals surface area contributed by atoms with Crippen LogP contribution < -0.4 is 5.32 Å². The van der Waals surface area contributed by atoms with Crippen LogP contribution in [-0.4, -0.2) is 22.5 Å². The molecule has 0 atom stereocenters. The second-order valence-corrected chi connectivity index (χ2v) is 5.51. The number of hydrogen-bond donors (Lipinski definition) is 2. The molecule has 1 fully saturated rings. The maximum absolute atomic E-state index is 11.2. The highest BCUT2D eigenvalue weighted by atomic mass is 16.6. The van der Waals surface area contributed by atoms with E-state index < -0.39 is 10.9 Å². The van der Waals surface area contributed by atoms with Crippen LogP contribution in [-0.2, 0) is 0 Å². The fourth-order valence-corrected chi connectivity index (χ4v) is 2.87. The van der Waals surface area contributed by atoms with Crippen molar-refractivity contribution in [2.45, 2.75) is 38.5 Å². The molecule has 0 unspecified atom stereocenters. The molecule has 1 aliphatic rings. The number of carboxylic acid groups (broad SMARTS) is 1. The second-order valence-electron chi connectivity index (χ2n) is 5.51. The first kappa shape index (κ1) is 15.3. The van der Waals surface area contributed by atoms with Crippen LogP contribution >= 0.6 is 0 Å². The van der Waals surface area contributed by atoms with Crippen LogP contribution in [0.2, 0.25) is 0 Å². The van der Waals surface area contributed by atoms with Crippen molar-refractivity contribution in [3.8, 4) is 0 Å². The minimum atomic E-state index is -1.08. The summed E-state index contributed by atoms with van der Waals surface area (Å²) >= 11 is 0. The summed E-state index contributed by atoms with van der Waals surface area (Å²) in [4.78, 5) is 21.4. The number of hydrogen-bond acceptors (Lipinski definition) is 4. The summed E-state index contributed by atoms with van der Waals surface area (Å²) in [7, 11) is 0. The molecule has 2 N–H and O–H groups in total. The summed E-state index contributed by atoms with van der Waals surface area (Å²) < 4.78 is 0. The van der Waals surface area contributed by atoms with E-state index in [0.29, 0.717) is 18.2 Å². The van der Waals surface area contributed by atoms with E-state index in [1.165, 1.54) is 50.3 Å². The molecular formula is C15H20N2O4. The number of nitro benzene ring substituents is 1. The van der Waals surface area contributed by atoms with Crippen LogP contribution in [0.1, 0.15) is 48.9 Å². The number of benzene rings is 1. The van der Waals surface area contributed by atoms with Crippen molar-refractivity contribution < 1.29 is 14.8 Å². The third kappa shape index (κ3) is 4.18. The molecule has 1 aliphatic carbocycles. The third-order valence-electron chi connectivity index (χ3n) is 4.04. The van der Waals surface area contributed by atoms with Gasteiger partial charge in [0, 0.05) is 18.7 Å². The summed E-state index contributed by atoms with van der Waals surface area (Å²) in [5, 5.41) is 23.0. The van der Waals surface area contributed by atoms with Gasteiger partial charge >= 0.3 is 5.97 Å². The molecule has 1 aromatic carbocycles. The lowest BCUT2D eigenvalue weighted by Gasteiger charge is -2.21. The molecular weight excluding hydrogens is 272 g/mol. The van der Waals surface area contributed by atoms with Crippen LogP contribution in [0.4, 0.5) is 11.4 Å². The fraction of sp³-hybridized carbons (Fsp3) is 0.533. The molecule has 0 saturated heterocycles. The molecule has 21 heavy (non-hydrogen) atoms. The van der Waals surface area contributed by atoms with E-state index >= 15 is 0 Å². The van der Waals surface area contributed by atoms with Gasteiger partial charge in [-0.15, -0.1) is 0 Å². The van der Waals surface area contributed by atoms with E-state index in [2.05, 4.69) is 5.32 Å².